The number of thiophene rings is 1. The van der Waals surface area contributed by atoms with Gasteiger partial charge in [-0.15, -0.1) is 11.3 Å². The Balaban J connectivity index is 2.02. The summed E-state index contributed by atoms with van der Waals surface area (Å²) < 4.78 is 13.8. The predicted octanol–water partition coefficient (Wildman–Crippen LogP) is 3.66. The molecule has 2 nitrogen and oxygen atoms in total. The molecule has 2 heterocycles. The van der Waals surface area contributed by atoms with Gasteiger partial charge in [0.15, 0.2) is 0 Å². The number of nitrogens with one attached hydrogen (secondary N) is 1. The monoisotopic (exact) mass is 286 g/mol. The Morgan fingerprint density at radius 3 is 2.93 bits per heavy atom. The number of halogens is 2. The molecule has 2 aromatic heterocycles. The molecule has 0 unspecified atom stereocenters. The maximum absolute atomic E-state index is 12.8. The summed E-state index contributed by atoms with van der Waals surface area (Å²) in [5.74, 6) is 0.0810. The fourth-order valence-corrected chi connectivity index (χ4v) is 2.38. The summed E-state index contributed by atoms with van der Waals surface area (Å²) in [5.41, 5.74) is 1.14. The fourth-order valence-electron chi connectivity index (χ4n) is 1.14. The van der Waals surface area contributed by atoms with Crippen LogP contribution in [0.5, 0.6) is 0 Å². The average Bonchev–Trinajstić information content (AvgIpc) is 2.61. The molecule has 0 aromatic carbocycles. The van der Waals surface area contributed by atoms with Gasteiger partial charge in [0.2, 0.25) is 5.95 Å². The molecule has 15 heavy (non-hydrogen) atoms. The molecule has 0 bridgehead atoms. The third-order valence-electron chi connectivity index (χ3n) is 1.87. The summed E-state index contributed by atoms with van der Waals surface area (Å²) in [6.45, 7) is 0.639. The van der Waals surface area contributed by atoms with Crippen molar-refractivity contribution in [3.05, 3.63) is 44.9 Å². The van der Waals surface area contributed by atoms with Crippen LogP contribution in [0.4, 0.5) is 10.2 Å². The molecule has 0 spiro atoms. The Morgan fingerprint density at radius 2 is 2.27 bits per heavy atom. The average molecular weight is 287 g/mol. The zero-order valence-corrected chi connectivity index (χ0v) is 10.1. The summed E-state index contributed by atoms with van der Waals surface area (Å²) in [7, 11) is 0. The Kier molecular flexibility index (Phi) is 3.33. The van der Waals surface area contributed by atoms with Crippen molar-refractivity contribution in [3.63, 3.8) is 0 Å². The van der Waals surface area contributed by atoms with Gasteiger partial charge in [0.25, 0.3) is 0 Å². The van der Waals surface area contributed by atoms with E-state index in [0.29, 0.717) is 12.4 Å². The Morgan fingerprint density at radius 1 is 1.40 bits per heavy atom. The van der Waals surface area contributed by atoms with Crippen LogP contribution in [0, 0.1) is 5.95 Å². The Hall–Kier alpha value is -0.940. The molecule has 0 atom stereocenters. The Bertz CT molecular complexity index is 458. The van der Waals surface area contributed by atoms with E-state index in [1.165, 1.54) is 6.07 Å². The normalized spacial score (nSPS) is 10.3. The number of hydrogen-bond acceptors (Lipinski definition) is 3. The molecule has 1 N–H and O–H groups in total. The van der Waals surface area contributed by atoms with Crippen molar-refractivity contribution < 1.29 is 4.39 Å². The Labute approximate surface area is 99.3 Å². The smallest absolute Gasteiger partial charge is 0.214 e. The van der Waals surface area contributed by atoms with Crippen molar-refractivity contribution in [2.45, 2.75) is 6.54 Å². The number of hydrogen-bond donors (Lipinski definition) is 1. The van der Waals surface area contributed by atoms with Crippen molar-refractivity contribution in [1.29, 1.82) is 0 Å². The minimum Gasteiger partial charge on any atom is -0.366 e. The highest BCUT2D eigenvalue weighted by Gasteiger charge is 2.01. The van der Waals surface area contributed by atoms with Gasteiger partial charge in [-0.1, -0.05) is 6.07 Å². The first-order chi connectivity index (χ1) is 7.25. The molecule has 2 aromatic rings. The van der Waals surface area contributed by atoms with Crippen LogP contribution in [0.15, 0.2) is 33.4 Å². The molecule has 5 heteroatoms. The SMILES string of the molecule is Fc1cccc(NCc2ccsc2Br)n1. The lowest BCUT2D eigenvalue weighted by Crippen LogP contribution is -2.01. The van der Waals surface area contributed by atoms with E-state index >= 15 is 0 Å². The van der Waals surface area contributed by atoms with Crippen molar-refractivity contribution in [2.24, 2.45) is 0 Å². The first kappa shape index (κ1) is 10.6. The van der Waals surface area contributed by atoms with Gasteiger partial charge < -0.3 is 5.32 Å². The molecule has 0 saturated heterocycles. The largest absolute Gasteiger partial charge is 0.366 e. The highest BCUT2D eigenvalue weighted by atomic mass is 79.9. The van der Waals surface area contributed by atoms with Gasteiger partial charge >= 0.3 is 0 Å². The van der Waals surface area contributed by atoms with Gasteiger partial charge in [-0.3, -0.25) is 0 Å². The van der Waals surface area contributed by atoms with E-state index < -0.39 is 5.95 Å². The highest BCUT2D eigenvalue weighted by molar-refractivity contribution is 9.11. The minimum atomic E-state index is -0.468. The zero-order valence-electron chi connectivity index (χ0n) is 7.71. The summed E-state index contributed by atoms with van der Waals surface area (Å²) in [6.07, 6.45) is 0. The van der Waals surface area contributed by atoms with E-state index in [-0.39, 0.29) is 0 Å². The molecule has 0 amide bonds. The molecular weight excluding hydrogens is 279 g/mol. The molecule has 0 saturated carbocycles. The lowest BCUT2D eigenvalue weighted by molar-refractivity contribution is 0.585. The zero-order chi connectivity index (χ0) is 10.7. The van der Waals surface area contributed by atoms with Crippen molar-refractivity contribution in [3.8, 4) is 0 Å². The van der Waals surface area contributed by atoms with Gasteiger partial charge in [0.05, 0.1) is 3.79 Å². The van der Waals surface area contributed by atoms with Crippen LogP contribution in [0.1, 0.15) is 5.56 Å². The van der Waals surface area contributed by atoms with Crippen LogP contribution in [0.2, 0.25) is 0 Å². The molecule has 2 rings (SSSR count). The summed E-state index contributed by atoms with van der Waals surface area (Å²) in [4.78, 5) is 3.71. The van der Waals surface area contributed by atoms with Gasteiger partial charge in [-0.2, -0.15) is 4.39 Å². The number of pyridine rings is 1. The van der Waals surface area contributed by atoms with Gasteiger partial charge in [0.1, 0.15) is 5.82 Å². The van der Waals surface area contributed by atoms with Crippen LogP contribution in [-0.4, -0.2) is 4.98 Å². The quantitative estimate of drug-likeness (QED) is 0.871. The molecule has 0 fully saturated rings. The van der Waals surface area contributed by atoms with Gasteiger partial charge in [0, 0.05) is 6.54 Å². The predicted molar refractivity (Wildman–Crippen MR) is 63.5 cm³/mol. The maximum Gasteiger partial charge on any atom is 0.214 e. The van der Waals surface area contributed by atoms with Gasteiger partial charge in [-0.05, 0) is 45.1 Å². The summed E-state index contributed by atoms with van der Waals surface area (Å²) in [5, 5.41) is 5.05. The first-order valence-corrected chi connectivity index (χ1v) is 6.01. The first-order valence-electron chi connectivity index (χ1n) is 4.34. The second-order valence-electron chi connectivity index (χ2n) is 2.92. The van der Waals surface area contributed by atoms with E-state index in [2.05, 4.69) is 26.2 Å². The second-order valence-corrected chi connectivity index (χ2v) is 5.15. The molecule has 0 aliphatic carbocycles. The second kappa shape index (κ2) is 4.72. The topological polar surface area (TPSA) is 24.9 Å². The number of anilines is 1. The van der Waals surface area contributed by atoms with Crippen LogP contribution < -0.4 is 5.32 Å². The minimum absolute atomic E-state index is 0.468. The van der Waals surface area contributed by atoms with Crippen LogP contribution in [0.25, 0.3) is 0 Å². The maximum atomic E-state index is 12.8. The third kappa shape index (κ3) is 2.76. The lowest BCUT2D eigenvalue weighted by Gasteiger charge is -2.04. The van der Waals surface area contributed by atoms with Crippen LogP contribution in [-0.2, 0) is 6.54 Å². The van der Waals surface area contributed by atoms with E-state index in [4.69, 9.17) is 0 Å². The number of aromatic nitrogens is 1. The molecular formula is C10H8BrFN2S. The summed E-state index contributed by atoms with van der Waals surface area (Å²) >= 11 is 5.06. The van der Waals surface area contributed by atoms with Crippen LogP contribution in [0.3, 0.4) is 0 Å². The number of nitrogens with zero attached hydrogens (tertiary/aromatic N) is 1. The van der Waals surface area contributed by atoms with E-state index in [1.54, 1.807) is 23.5 Å². The lowest BCUT2D eigenvalue weighted by atomic mass is 10.3. The molecule has 78 valence electrons. The van der Waals surface area contributed by atoms with Crippen LogP contribution >= 0.6 is 27.3 Å². The van der Waals surface area contributed by atoms with Crippen molar-refractivity contribution >= 4 is 33.1 Å². The van der Waals surface area contributed by atoms with Crippen molar-refractivity contribution in [1.82, 2.24) is 4.98 Å². The van der Waals surface area contributed by atoms with Crippen molar-refractivity contribution in [2.75, 3.05) is 5.32 Å². The molecule has 0 aliphatic rings. The summed E-state index contributed by atoms with van der Waals surface area (Å²) in [6, 6.07) is 6.71. The van der Waals surface area contributed by atoms with E-state index in [9.17, 15) is 4.39 Å². The molecule has 0 radical (unpaired) electrons. The van der Waals surface area contributed by atoms with Gasteiger partial charge in [-0.25, -0.2) is 4.98 Å². The molecule has 0 aliphatic heterocycles. The van der Waals surface area contributed by atoms with E-state index in [1.807, 2.05) is 11.4 Å². The fraction of sp³-hybridized carbons (Fsp3) is 0.100. The number of rotatable bonds is 3. The standard InChI is InChI=1S/C10H8BrFN2S/c11-10-7(4-5-15-10)6-13-9-3-1-2-8(12)14-9/h1-5H,6H2,(H,13,14). The third-order valence-corrected chi connectivity index (χ3v) is 3.68. The highest BCUT2D eigenvalue weighted by Crippen LogP contribution is 2.23. The van der Waals surface area contributed by atoms with E-state index in [0.717, 1.165) is 9.35 Å².